The van der Waals surface area contributed by atoms with Gasteiger partial charge < -0.3 is 10.6 Å². The molecule has 0 aromatic carbocycles. The van der Waals surface area contributed by atoms with Gasteiger partial charge in [0.25, 0.3) is 0 Å². The molecule has 0 bridgehead atoms. The minimum Gasteiger partial charge on any atom is -0.357 e. The Kier molecular flexibility index (Phi) is 6.02. The number of aromatic amines is 1. The molecule has 2 heterocycles. The van der Waals surface area contributed by atoms with Crippen LogP contribution in [0.5, 0.6) is 0 Å². The maximum atomic E-state index is 5.76. The van der Waals surface area contributed by atoms with Gasteiger partial charge in [-0.25, -0.2) is 9.98 Å². The summed E-state index contributed by atoms with van der Waals surface area (Å²) in [6, 6.07) is 5.69. The van der Waals surface area contributed by atoms with Crippen LogP contribution in [0.3, 0.4) is 0 Å². The molecule has 6 nitrogen and oxygen atoms in total. The smallest absolute Gasteiger partial charge is 0.191 e. The number of halogens is 1. The molecule has 2 aromatic rings. The standard InChI is InChI=1S/C14H19ClN6/c1-2-16-14(19-10-12-6-8-20-21-12)17-7-5-11-3-4-13(15)18-9-11/h3-4,6,8-9H,2,5,7,10H2,1H3,(H,20,21)(H2,16,17,19). The van der Waals surface area contributed by atoms with Crippen LogP contribution in [0.4, 0.5) is 0 Å². The zero-order valence-electron chi connectivity index (χ0n) is 11.9. The van der Waals surface area contributed by atoms with Crippen LogP contribution < -0.4 is 10.6 Å². The Balaban J connectivity index is 1.82. The van der Waals surface area contributed by atoms with Crippen molar-refractivity contribution in [1.29, 1.82) is 0 Å². The maximum Gasteiger partial charge on any atom is 0.191 e. The summed E-state index contributed by atoms with van der Waals surface area (Å²) >= 11 is 5.76. The van der Waals surface area contributed by atoms with Gasteiger partial charge in [0.1, 0.15) is 5.15 Å². The number of nitrogens with one attached hydrogen (secondary N) is 3. The number of aliphatic imine (C=N–C) groups is 1. The fourth-order valence-corrected chi connectivity index (χ4v) is 1.87. The Labute approximate surface area is 129 Å². The quantitative estimate of drug-likeness (QED) is 0.432. The molecule has 2 aromatic heterocycles. The van der Waals surface area contributed by atoms with E-state index in [-0.39, 0.29) is 0 Å². The van der Waals surface area contributed by atoms with E-state index in [4.69, 9.17) is 11.6 Å². The molecule has 0 radical (unpaired) electrons. The van der Waals surface area contributed by atoms with Gasteiger partial charge in [-0.3, -0.25) is 5.10 Å². The van der Waals surface area contributed by atoms with Crippen LogP contribution in [0, 0.1) is 0 Å². The second-order valence-corrected chi connectivity index (χ2v) is 4.83. The molecule has 0 aliphatic heterocycles. The number of H-pyrrole nitrogens is 1. The van der Waals surface area contributed by atoms with Crippen molar-refractivity contribution in [1.82, 2.24) is 25.8 Å². The molecule has 0 atom stereocenters. The molecule has 0 saturated carbocycles. The van der Waals surface area contributed by atoms with Crippen molar-refractivity contribution in [2.24, 2.45) is 4.99 Å². The number of pyridine rings is 1. The molecular weight excluding hydrogens is 288 g/mol. The highest BCUT2D eigenvalue weighted by atomic mass is 35.5. The van der Waals surface area contributed by atoms with Crippen LogP contribution in [0.1, 0.15) is 18.2 Å². The van der Waals surface area contributed by atoms with Gasteiger partial charge in [0.15, 0.2) is 5.96 Å². The van der Waals surface area contributed by atoms with Crippen molar-refractivity contribution in [3.63, 3.8) is 0 Å². The summed E-state index contributed by atoms with van der Waals surface area (Å²) in [5.41, 5.74) is 2.12. The van der Waals surface area contributed by atoms with Gasteiger partial charge in [0.2, 0.25) is 0 Å². The Bertz CT molecular complexity index is 549. The van der Waals surface area contributed by atoms with Gasteiger partial charge in [-0.15, -0.1) is 0 Å². The molecule has 0 aliphatic carbocycles. The Morgan fingerprint density at radius 1 is 1.33 bits per heavy atom. The van der Waals surface area contributed by atoms with Crippen LogP contribution in [0.2, 0.25) is 5.15 Å². The van der Waals surface area contributed by atoms with Crippen LogP contribution in [0.15, 0.2) is 35.6 Å². The number of hydrogen-bond donors (Lipinski definition) is 3. The van der Waals surface area contributed by atoms with Crippen molar-refractivity contribution in [3.8, 4) is 0 Å². The van der Waals surface area contributed by atoms with Gasteiger partial charge in [-0.05, 0) is 31.0 Å². The second-order valence-electron chi connectivity index (χ2n) is 4.44. The van der Waals surface area contributed by atoms with E-state index in [1.807, 2.05) is 19.1 Å². The maximum absolute atomic E-state index is 5.76. The van der Waals surface area contributed by atoms with Crippen molar-refractivity contribution in [2.45, 2.75) is 19.9 Å². The third kappa shape index (κ3) is 5.43. The Morgan fingerprint density at radius 2 is 2.24 bits per heavy atom. The lowest BCUT2D eigenvalue weighted by molar-refractivity contribution is 0.794. The van der Waals surface area contributed by atoms with E-state index in [9.17, 15) is 0 Å². The van der Waals surface area contributed by atoms with Gasteiger partial charge in [0.05, 0.1) is 12.2 Å². The monoisotopic (exact) mass is 306 g/mol. The molecular formula is C14H19ClN6. The van der Waals surface area contributed by atoms with Crippen molar-refractivity contribution in [2.75, 3.05) is 13.1 Å². The minimum absolute atomic E-state index is 0.515. The van der Waals surface area contributed by atoms with E-state index < -0.39 is 0 Å². The molecule has 0 saturated heterocycles. The van der Waals surface area contributed by atoms with E-state index in [0.717, 1.165) is 36.7 Å². The zero-order valence-corrected chi connectivity index (χ0v) is 12.7. The summed E-state index contributed by atoms with van der Waals surface area (Å²) in [4.78, 5) is 8.55. The molecule has 2 rings (SSSR count). The lowest BCUT2D eigenvalue weighted by Crippen LogP contribution is -2.38. The molecule has 21 heavy (non-hydrogen) atoms. The first-order chi connectivity index (χ1) is 10.3. The summed E-state index contributed by atoms with van der Waals surface area (Å²) in [5, 5.41) is 13.8. The lowest BCUT2D eigenvalue weighted by Gasteiger charge is -2.11. The molecule has 3 N–H and O–H groups in total. The lowest BCUT2D eigenvalue weighted by atomic mass is 10.2. The van der Waals surface area contributed by atoms with Crippen LogP contribution >= 0.6 is 11.6 Å². The molecule has 0 spiro atoms. The highest BCUT2D eigenvalue weighted by Gasteiger charge is 1.99. The van der Waals surface area contributed by atoms with E-state index in [1.165, 1.54) is 0 Å². The van der Waals surface area contributed by atoms with E-state index in [2.05, 4.69) is 30.8 Å². The van der Waals surface area contributed by atoms with Crippen LogP contribution in [-0.4, -0.2) is 34.2 Å². The van der Waals surface area contributed by atoms with E-state index in [1.54, 1.807) is 18.5 Å². The first kappa shape index (κ1) is 15.3. The number of hydrogen-bond acceptors (Lipinski definition) is 3. The van der Waals surface area contributed by atoms with E-state index >= 15 is 0 Å². The SMILES string of the molecule is CCNC(=NCc1ccn[nH]1)NCCc1ccc(Cl)nc1. The van der Waals surface area contributed by atoms with Gasteiger partial charge >= 0.3 is 0 Å². The first-order valence-electron chi connectivity index (χ1n) is 6.89. The summed E-state index contributed by atoms with van der Waals surface area (Å²) in [6.45, 7) is 4.20. The molecule has 0 fully saturated rings. The summed E-state index contributed by atoms with van der Waals surface area (Å²) in [5.74, 6) is 0.786. The molecule has 0 aliphatic rings. The highest BCUT2D eigenvalue weighted by Crippen LogP contribution is 2.05. The number of guanidine groups is 1. The van der Waals surface area contributed by atoms with Crippen LogP contribution in [-0.2, 0) is 13.0 Å². The average Bonchev–Trinajstić information content (AvgIpc) is 3.00. The molecule has 112 valence electrons. The number of nitrogens with zero attached hydrogens (tertiary/aromatic N) is 3. The first-order valence-corrected chi connectivity index (χ1v) is 7.26. The molecule has 7 heteroatoms. The fraction of sp³-hybridized carbons (Fsp3) is 0.357. The minimum atomic E-state index is 0.515. The van der Waals surface area contributed by atoms with Crippen LogP contribution in [0.25, 0.3) is 0 Å². The predicted octanol–water partition coefficient (Wildman–Crippen LogP) is 1.76. The fourth-order valence-electron chi connectivity index (χ4n) is 1.76. The number of rotatable bonds is 6. The average molecular weight is 307 g/mol. The summed E-state index contributed by atoms with van der Waals surface area (Å²) < 4.78 is 0. The topological polar surface area (TPSA) is 78.0 Å². The van der Waals surface area contributed by atoms with Crippen molar-refractivity contribution >= 4 is 17.6 Å². The molecule has 0 unspecified atom stereocenters. The summed E-state index contributed by atoms with van der Waals surface area (Å²) in [7, 11) is 0. The number of aromatic nitrogens is 3. The second kappa shape index (κ2) is 8.26. The third-order valence-corrected chi connectivity index (χ3v) is 3.03. The largest absolute Gasteiger partial charge is 0.357 e. The van der Waals surface area contributed by atoms with Crippen molar-refractivity contribution < 1.29 is 0 Å². The Hall–Kier alpha value is -2.08. The molecule has 0 amide bonds. The summed E-state index contributed by atoms with van der Waals surface area (Å²) in [6.07, 6.45) is 4.37. The van der Waals surface area contributed by atoms with Gasteiger partial charge in [0, 0.05) is 25.5 Å². The van der Waals surface area contributed by atoms with E-state index in [0.29, 0.717) is 11.7 Å². The van der Waals surface area contributed by atoms with Gasteiger partial charge in [-0.2, -0.15) is 5.10 Å². The highest BCUT2D eigenvalue weighted by molar-refractivity contribution is 6.29. The van der Waals surface area contributed by atoms with Crippen molar-refractivity contribution in [3.05, 3.63) is 47.0 Å². The normalized spacial score (nSPS) is 11.4. The predicted molar refractivity (Wildman–Crippen MR) is 84.4 cm³/mol. The zero-order chi connectivity index (χ0) is 14.9. The third-order valence-electron chi connectivity index (χ3n) is 2.80. The Morgan fingerprint density at radius 3 is 2.90 bits per heavy atom. The van der Waals surface area contributed by atoms with Gasteiger partial charge in [-0.1, -0.05) is 17.7 Å².